The highest BCUT2D eigenvalue weighted by atomic mass is 79.9. The molecule has 0 spiro atoms. The molecule has 0 fully saturated rings. The molecule has 1 aromatic heterocycles. The molecule has 1 aromatic carbocycles. The van der Waals surface area contributed by atoms with E-state index in [4.69, 9.17) is 4.42 Å². The Labute approximate surface area is 138 Å². The van der Waals surface area contributed by atoms with E-state index in [1.54, 1.807) is 6.07 Å². The van der Waals surface area contributed by atoms with Gasteiger partial charge in [0.2, 0.25) is 0 Å². The summed E-state index contributed by atoms with van der Waals surface area (Å²) in [6.07, 6.45) is 2.34. The van der Waals surface area contributed by atoms with Gasteiger partial charge in [-0.25, -0.2) is 4.79 Å². The molecule has 2 rings (SSSR count). The molecule has 0 bridgehead atoms. The summed E-state index contributed by atoms with van der Waals surface area (Å²) in [5, 5.41) is 20.5. The monoisotopic (exact) mass is 379 g/mol. The van der Waals surface area contributed by atoms with Crippen molar-refractivity contribution in [2.24, 2.45) is 0 Å². The van der Waals surface area contributed by atoms with Gasteiger partial charge in [-0.1, -0.05) is 12.1 Å². The highest BCUT2D eigenvalue weighted by Gasteiger charge is 2.16. The molecule has 0 saturated heterocycles. The number of carbonyl (C=O) groups is 1. The lowest BCUT2D eigenvalue weighted by Crippen LogP contribution is -2.12. The number of benzene rings is 1. The molecule has 2 aromatic rings. The maximum Gasteiger partial charge on any atom is 0.351 e. The zero-order chi connectivity index (χ0) is 17.1. The number of nitro groups is 1. The van der Waals surface area contributed by atoms with E-state index in [0.29, 0.717) is 10.0 Å². The van der Waals surface area contributed by atoms with Crippen LogP contribution in [0.25, 0.3) is 6.08 Å². The molecular formula is C15H10BrNO6. The van der Waals surface area contributed by atoms with Crippen LogP contribution in [0.2, 0.25) is 0 Å². The molecule has 0 radical (unpaired) electrons. The van der Waals surface area contributed by atoms with E-state index in [2.05, 4.69) is 15.9 Å². The number of allylic oxidation sites excluding steroid dienone is 1. The van der Waals surface area contributed by atoms with Crippen molar-refractivity contribution < 1.29 is 19.2 Å². The van der Waals surface area contributed by atoms with Crippen LogP contribution in [0.3, 0.4) is 0 Å². The van der Waals surface area contributed by atoms with E-state index in [0.717, 1.165) is 12.1 Å². The largest absolute Gasteiger partial charge is 0.507 e. The van der Waals surface area contributed by atoms with E-state index in [9.17, 15) is 24.8 Å². The van der Waals surface area contributed by atoms with Crippen molar-refractivity contribution in [3.05, 3.63) is 72.2 Å². The lowest BCUT2D eigenvalue weighted by Gasteiger charge is -2.00. The Hall–Kier alpha value is -2.74. The maximum atomic E-state index is 12.0. The van der Waals surface area contributed by atoms with Crippen LogP contribution in [0, 0.1) is 17.0 Å². The van der Waals surface area contributed by atoms with Crippen LogP contribution < -0.4 is 5.63 Å². The summed E-state index contributed by atoms with van der Waals surface area (Å²) in [7, 11) is 0. The number of hydrogen-bond donors (Lipinski definition) is 1. The average Bonchev–Trinajstić information content (AvgIpc) is 2.45. The summed E-state index contributed by atoms with van der Waals surface area (Å²) in [4.78, 5) is 33.9. The number of halogens is 1. The highest BCUT2D eigenvalue weighted by molar-refractivity contribution is 9.10. The van der Waals surface area contributed by atoms with Gasteiger partial charge >= 0.3 is 5.63 Å². The van der Waals surface area contributed by atoms with Crippen LogP contribution in [-0.2, 0) is 0 Å². The minimum atomic E-state index is -0.945. The first kappa shape index (κ1) is 16.6. The molecule has 7 nitrogen and oxygen atoms in total. The minimum absolute atomic E-state index is 0.155. The summed E-state index contributed by atoms with van der Waals surface area (Å²) < 4.78 is 5.07. The van der Waals surface area contributed by atoms with Crippen molar-refractivity contribution in [2.45, 2.75) is 6.92 Å². The molecule has 1 heterocycles. The molecule has 118 valence electrons. The molecule has 23 heavy (non-hydrogen) atoms. The number of aryl methyl sites for hydroxylation is 1. The average molecular weight is 380 g/mol. The third kappa shape index (κ3) is 3.72. The molecular weight excluding hydrogens is 370 g/mol. The van der Waals surface area contributed by atoms with Gasteiger partial charge in [-0.15, -0.1) is 0 Å². The van der Waals surface area contributed by atoms with Gasteiger partial charge in [-0.2, -0.15) is 0 Å². The molecule has 0 amide bonds. The van der Waals surface area contributed by atoms with Gasteiger partial charge in [-0.05, 0) is 40.6 Å². The van der Waals surface area contributed by atoms with Gasteiger partial charge in [0.05, 0.1) is 9.40 Å². The SMILES string of the molecule is Cc1cc(O)c(C(=O)/C=C/c2ccc(Br)c([N+](=O)[O-])c2)c(=O)o1. The number of ketones is 1. The number of hydrogen-bond acceptors (Lipinski definition) is 6. The van der Waals surface area contributed by atoms with Crippen molar-refractivity contribution >= 4 is 33.5 Å². The van der Waals surface area contributed by atoms with E-state index in [1.165, 1.54) is 25.1 Å². The molecule has 0 aliphatic carbocycles. The topological polar surface area (TPSA) is 111 Å². The first-order chi connectivity index (χ1) is 10.8. The second-order valence-electron chi connectivity index (χ2n) is 4.57. The zero-order valence-corrected chi connectivity index (χ0v) is 13.4. The molecule has 0 atom stereocenters. The van der Waals surface area contributed by atoms with Gasteiger partial charge in [0.1, 0.15) is 17.1 Å². The number of carbonyl (C=O) groups excluding carboxylic acids is 1. The lowest BCUT2D eigenvalue weighted by atomic mass is 10.1. The fraction of sp³-hybridized carbons (Fsp3) is 0.0667. The number of nitrogens with zero attached hydrogens (tertiary/aromatic N) is 1. The zero-order valence-electron chi connectivity index (χ0n) is 11.8. The Morgan fingerprint density at radius 2 is 2.09 bits per heavy atom. The third-order valence-electron chi connectivity index (χ3n) is 2.89. The Kier molecular flexibility index (Phi) is 4.75. The van der Waals surface area contributed by atoms with E-state index in [1.807, 2.05) is 0 Å². The van der Waals surface area contributed by atoms with Crippen LogP contribution in [0.4, 0.5) is 5.69 Å². The summed E-state index contributed by atoms with van der Waals surface area (Å²) in [5.74, 6) is -1.06. The first-order valence-corrected chi connectivity index (χ1v) is 7.09. The molecule has 0 saturated carbocycles. The van der Waals surface area contributed by atoms with Gasteiger partial charge in [-0.3, -0.25) is 14.9 Å². The Morgan fingerprint density at radius 3 is 2.70 bits per heavy atom. The highest BCUT2D eigenvalue weighted by Crippen LogP contribution is 2.26. The van der Waals surface area contributed by atoms with Crippen LogP contribution >= 0.6 is 15.9 Å². The minimum Gasteiger partial charge on any atom is -0.507 e. The predicted molar refractivity (Wildman–Crippen MR) is 85.5 cm³/mol. The van der Waals surface area contributed by atoms with E-state index in [-0.39, 0.29) is 11.4 Å². The van der Waals surface area contributed by atoms with Crippen molar-refractivity contribution in [2.75, 3.05) is 0 Å². The normalized spacial score (nSPS) is 10.9. The standard InChI is InChI=1S/C15H10BrNO6/c1-8-6-13(19)14(15(20)23-8)12(18)5-3-9-2-4-10(16)11(7-9)17(21)22/h2-7,19H,1H3/b5-3+. The first-order valence-electron chi connectivity index (χ1n) is 6.29. The quantitative estimate of drug-likeness (QED) is 0.377. The fourth-order valence-corrected chi connectivity index (χ4v) is 2.24. The van der Waals surface area contributed by atoms with Gasteiger partial charge in [0.25, 0.3) is 5.69 Å². The van der Waals surface area contributed by atoms with E-state index >= 15 is 0 Å². The smallest absolute Gasteiger partial charge is 0.351 e. The van der Waals surface area contributed by atoms with Gasteiger partial charge < -0.3 is 9.52 Å². The second-order valence-corrected chi connectivity index (χ2v) is 5.42. The van der Waals surface area contributed by atoms with E-state index < -0.39 is 27.6 Å². The van der Waals surface area contributed by atoms with Crippen LogP contribution in [0.1, 0.15) is 21.7 Å². The Morgan fingerprint density at radius 1 is 1.39 bits per heavy atom. The Bertz CT molecular complexity index is 884. The van der Waals surface area contributed by atoms with Crippen LogP contribution in [0.5, 0.6) is 5.75 Å². The van der Waals surface area contributed by atoms with Crippen LogP contribution in [-0.4, -0.2) is 15.8 Å². The number of aromatic hydroxyl groups is 1. The Balaban J connectivity index is 2.34. The number of rotatable bonds is 4. The third-order valence-corrected chi connectivity index (χ3v) is 3.56. The van der Waals surface area contributed by atoms with Crippen molar-refractivity contribution in [3.63, 3.8) is 0 Å². The lowest BCUT2D eigenvalue weighted by molar-refractivity contribution is -0.385. The fourth-order valence-electron chi connectivity index (χ4n) is 1.85. The summed E-state index contributed by atoms with van der Waals surface area (Å²) in [6.45, 7) is 1.46. The van der Waals surface area contributed by atoms with Crippen molar-refractivity contribution in [1.29, 1.82) is 0 Å². The maximum absolute atomic E-state index is 12.0. The second kappa shape index (κ2) is 6.57. The van der Waals surface area contributed by atoms with Crippen LogP contribution in [0.15, 0.2) is 44.0 Å². The molecule has 0 aliphatic rings. The predicted octanol–water partition coefficient (Wildman–Crippen LogP) is 3.22. The molecule has 0 aliphatic heterocycles. The van der Waals surface area contributed by atoms with Gasteiger partial charge in [0, 0.05) is 12.1 Å². The number of nitro benzene ring substituents is 1. The summed E-state index contributed by atoms with van der Waals surface area (Å²) in [5.41, 5.74) is -1.20. The van der Waals surface area contributed by atoms with Gasteiger partial charge in [0.15, 0.2) is 5.78 Å². The van der Waals surface area contributed by atoms with Crippen molar-refractivity contribution in [3.8, 4) is 5.75 Å². The summed E-state index contributed by atoms with van der Waals surface area (Å²) >= 11 is 3.05. The molecule has 0 unspecified atom stereocenters. The molecule has 1 N–H and O–H groups in total. The summed E-state index contributed by atoms with van der Waals surface area (Å²) in [6, 6.07) is 5.45. The van der Waals surface area contributed by atoms with Crippen molar-refractivity contribution in [1.82, 2.24) is 0 Å². The molecule has 8 heteroatoms.